The highest BCUT2D eigenvalue weighted by atomic mass is 19.1. The zero-order valence-electron chi connectivity index (χ0n) is 15.6. The number of nitrogens with zero attached hydrogens (tertiary/aromatic N) is 4. The fraction of sp³-hybridized carbons (Fsp3) is 0.100. The van der Waals surface area contributed by atoms with Crippen LogP contribution in [0.4, 0.5) is 21.6 Å². The summed E-state index contributed by atoms with van der Waals surface area (Å²) in [5.41, 5.74) is 2.48. The SMILES string of the molecule is COc1nccc2c(-c3cc([N+](=O)[O-])cnc3Nc3ccc(F)cc3)cn(C)c12. The highest BCUT2D eigenvalue weighted by Gasteiger charge is 2.20. The van der Waals surface area contributed by atoms with Crippen molar-refractivity contribution in [1.82, 2.24) is 14.5 Å². The van der Waals surface area contributed by atoms with Crippen LogP contribution in [0, 0.1) is 15.9 Å². The minimum atomic E-state index is -0.495. The molecule has 0 amide bonds. The second kappa shape index (κ2) is 7.19. The van der Waals surface area contributed by atoms with Crippen molar-refractivity contribution in [2.75, 3.05) is 12.4 Å². The lowest BCUT2D eigenvalue weighted by atomic mass is 10.1. The summed E-state index contributed by atoms with van der Waals surface area (Å²) in [5, 5.41) is 15.2. The Morgan fingerprint density at radius 2 is 1.93 bits per heavy atom. The minimum Gasteiger partial charge on any atom is -0.479 e. The van der Waals surface area contributed by atoms with Gasteiger partial charge in [0.15, 0.2) is 0 Å². The van der Waals surface area contributed by atoms with Gasteiger partial charge in [0.05, 0.1) is 12.0 Å². The summed E-state index contributed by atoms with van der Waals surface area (Å²) < 4.78 is 20.4. The average molecular weight is 393 g/mol. The molecule has 0 fully saturated rings. The van der Waals surface area contributed by atoms with Gasteiger partial charge in [-0.2, -0.15) is 0 Å². The fourth-order valence-corrected chi connectivity index (χ4v) is 3.21. The van der Waals surface area contributed by atoms with Crippen molar-refractivity contribution in [3.8, 4) is 17.0 Å². The third-order valence-corrected chi connectivity index (χ3v) is 4.53. The van der Waals surface area contributed by atoms with E-state index in [4.69, 9.17) is 4.74 Å². The molecule has 8 nitrogen and oxygen atoms in total. The molecule has 1 aromatic carbocycles. The molecule has 146 valence electrons. The van der Waals surface area contributed by atoms with Crippen molar-refractivity contribution >= 4 is 28.1 Å². The monoisotopic (exact) mass is 393 g/mol. The molecule has 0 atom stereocenters. The van der Waals surface area contributed by atoms with Crippen molar-refractivity contribution in [2.24, 2.45) is 7.05 Å². The lowest BCUT2D eigenvalue weighted by molar-refractivity contribution is -0.385. The van der Waals surface area contributed by atoms with E-state index in [1.807, 2.05) is 23.9 Å². The molecule has 9 heteroatoms. The lowest BCUT2D eigenvalue weighted by Gasteiger charge is -2.11. The largest absolute Gasteiger partial charge is 0.479 e. The number of anilines is 2. The van der Waals surface area contributed by atoms with Gasteiger partial charge in [-0.05, 0) is 30.3 Å². The van der Waals surface area contributed by atoms with E-state index in [2.05, 4.69) is 15.3 Å². The topological polar surface area (TPSA) is 95.1 Å². The Kier molecular flexibility index (Phi) is 4.55. The van der Waals surface area contributed by atoms with Gasteiger partial charge in [0.1, 0.15) is 23.3 Å². The molecule has 0 saturated carbocycles. The van der Waals surface area contributed by atoms with Gasteiger partial charge in [-0.1, -0.05) is 0 Å². The Morgan fingerprint density at radius 3 is 2.62 bits per heavy atom. The highest BCUT2D eigenvalue weighted by molar-refractivity contribution is 6.01. The van der Waals surface area contributed by atoms with E-state index < -0.39 is 4.92 Å². The summed E-state index contributed by atoms with van der Waals surface area (Å²) in [4.78, 5) is 19.3. The number of methoxy groups -OCH3 is 1. The van der Waals surface area contributed by atoms with Crippen molar-refractivity contribution < 1.29 is 14.1 Å². The third kappa shape index (κ3) is 3.33. The molecule has 0 unspecified atom stereocenters. The molecule has 0 aliphatic rings. The molecular formula is C20H16FN5O3. The van der Waals surface area contributed by atoms with Gasteiger partial charge in [0, 0.05) is 47.7 Å². The number of rotatable bonds is 5. The average Bonchev–Trinajstić information content (AvgIpc) is 3.06. The van der Waals surface area contributed by atoms with Crippen LogP contribution in [-0.4, -0.2) is 26.6 Å². The minimum absolute atomic E-state index is 0.136. The van der Waals surface area contributed by atoms with Crippen LogP contribution in [-0.2, 0) is 7.05 Å². The van der Waals surface area contributed by atoms with Crippen LogP contribution in [0.5, 0.6) is 5.88 Å². The molecule has 0 saturated heterocycles. The van der Waals surface area contributed by atoms with Crippen LogP contribution in [0.2, 0.25) is 0 Å². The molecule has 0 spiro atoms. The molecule has 0 bridgehead atoms. The first-order valence-electron chi connectivity index (χ1n) is 8.63. The van der Waals surface area contributed by atoms with Gasteiger partial charge in [0.2, 0.25) is 5.88 Å². The summed E-state index contributed by atoms with van der Waals surface area (Å²) in [7, 11) is 3.37. The first-order chi connectivity index (χ1) is 14.0. The fourth-order valence-electron chi connectivity index (χ4n) is 3.21. The number of hydrogen-bond donors (Lipinski definition) is 1. The molecular weight excluding hydrogens is 377 g/mol. The summed E-state index contributed by atoms with van der Waals surface area (Å²) in [6, 6.07) is 9.05. The van der Waals surface area contributed by atoms with Crippen LogP contribution < -0.4 is 10.1 Å². The van der Waals surface area contributed by atoms with Gasteiger partial charge >= 0.3 is 0 Å². The van der Waals surface area contributed by atoms with E-state index >= 15 is 0 Å². The number of nitrogens with one attached hydrogen (secondary N) is 1. The summed E-state index contributed by atoms with van der Waals surface area (Å²) >= 11 is 0. The predicted octanol–water partition coefficient (Wildman–Crippen LogP) is 4.43. The maximum absolute atomic E-state index is 13.2. The Morgan fingerprint density at radius 1 is 1.17 bits per heavy atom. The van der Waals surface area contributed by atoms with E-state index in [1.54, 1.807) is 18.3 Å². The standard InChI is InChI=1S/C20H16FN5O3/c1-25-11-17(15-7-8-22-20(29-2)18(15)25)16-9-14(26(27)28)10-23-19(16)24-13-5-3-12(21)4-6-13/h3-11H,1-2H3,(H,23,24). The second-order valence-electron chi connectivity index (χ2n) is 6.35. The van der Waals surface area contributed by atoms with E-state index in [0.717, 1.165) is 16.5 Å². The van der Waals surface area contributed by atoms with Crippen molar-refractivity contribution in [2.45, 2.75) is 0 Å². The van der Waals surface area contributed by atoms with Crippen molar-refractivity contribution in [1.29, 1.82) is 0 Å². The van der Waals surface area contributed by atoms with Crippen LogP contribution in [0.3, 0.4) is 0 Å². The summed E-state index contributed by atoms with van der Waals surface area (Å²) in [6.07, 6.45) is 4.64. The number of nitro groups is 1. The number of aryl methyl sites for hydroxylation is 1. The van der Waals surface area contributed by atoms with E-state index in [0.29, 0.717) is 22.9 Å². The van der Waals surface area contributed by atoms with Gasteiger partial charge in [-0.25, -0.2) is 14.4 Å². The van der Waals surface area contributed by atoms with Gasteiger partial charge in [0.25, 0.3) is 5.69 Å². The first kappa shape index (κ1) is 18.4. The van der Waals surface area contributed by atoms with Crippen LogP contribution in [0.15, 0.2) is 55.0 Å². The maximum Gasteiger partial charge on any atom is 0.288 e. The number of halogens is 1. The normalized spacial score (nSPS) is 10.9. The quantitative estimate of drug-likeness (QED) is 0.398. The molecule has 4 aromatic rings. The van der Waals surface area contributed by atoms with Gasteiger partial charge in [-0.15, -0.1) is 0 Å². The zero-order chi connectivity index (χ0) is 20.5. The Bertz CT molecular complexity index is 1220. The molecule has 3 aromatic heterocycles. The summed E-state index contributed by atoms with van der Waals surface area (Å²) in [6.45, 7) is 0. The number of fused-ring (bicyclic) bond motifs is 1. The summed E-state index contributed by atoms with van der Waals surface area (Å²) in [5.74, 6) is 0.495. The highest BCUT2D eigenvalue weighted by Crippen LogP contribution is 2.38. The number of ether oxygens (including phenoxy) is 1. The third-order valence-electron chi connectivity index (χ3n) is 4.53. The number of benzene rings is 1. The lowest BCUT2D eigenvalue weighted by Crippen LogP contribution is -1.99. The molecule has 3 heterocycles. The maximum atomic E-state index is 13.2. The molecule has 4 rings (SSSR count). The molecule has 29 heavy (non-hydrogen) atoms. The van der Waals surface area contributed by atoms with Crippen molar-refractivity contribution in [3.63, 3.8) is 0 Å². The number of pyridine rings is 2. The van der Waals surface area contributed by atoms with Gasteiger partial charge in [-0.3, -0.25) is 10.1 Å². The second-order valence-corrected chi connectivity index (χ2v) is 6.35. The molecule has 0 aliphatic heterocycles. The molecule has 0 aliphatic carbocycles. The van der Waals surface area contributed by atoms with E-state index in [1.165, 1.54) is 31.5 Å². The van der Waals surface area contributed by atoms with Crippen LogP contribution in [0.1, 0.15) is 0 Å². The Labute approximate surface area is 164 Å². The van der Waals surface area contributed by atoms with E-state index in [-0.39, 0.29) is 11.5 Å². The molecule has 0 radical (unpaired) electrons. The Balaban J connectivity index is 1.92. The molecule has 1 N–H and O–H groups in total. The zero-order valence-corrected chi connectivity index (χ0v) is 15.6. The van der Waals surface area contributed by atoms with Crippen LogP contribution >= 0.6 is 0 Å². The van der Waals surface area contributed by atoms with E-state index in [9.17, 15) is 14.5 Å². The Hall–Kier alpha value is -4.01. The van der Waals surface area contributed by atoms with Crippen LogP contribution in [0.25, 0.3) is 22.0 Å². The number of aromatic nitrogens is 3. The van der Waals surface area contributed by atoms with Crippen molar-refractivity contribution in [3.05, 3.63) is 70.9 Å². The van der Waals surface area contributed by atoms with Gasteiger partial charge < -0.3 is 14.6 Å². The number of hydrogen-bond acceptors (Lipinski definition) is 6. The smallest absolute Gasteiger partial charge is 0.288 e. The predicted molar refractivity (Wildman–Crippen MR) is 107 cm³/mol. The first-order valence-corrected chi connectivity index (χ1v) is 8.63.